The predicted octanol–water partition coefficient (Wildman–Crippen LogP) is 3.55. The largest absolute Gasteiger partial charge is 0.632 e. The summed E-state index contributed by atoms with van der Waals surface area (Å²) in [5, 5.41) is 14.6. The van der Waals surface area contributed by atoms with Crippen molar-refractivity contribution in [2.45, 2.75) is 77.8 Å². The number of nitrogens with one attached hydrogen (secondary N) is 1. The monoisotopic (exact) mass is 272 g/mol. The van der Waals surface area contributed by atoms with Gasteiger partial charge in [-0.2, -0.15) is 0 Å². The molecule has 0 bridgehead atoms. The molecule has 0 saturated heterocycles. The molecule has 1 amide bonds. The second-order valence-corrected chi connectivity index (χ2v) is 5.80. The molecule has 1 atom stereocenters. The second-order valence-electron chi connectivity index (χ2n) is 5.80. The number of rotatable bonds is 11. The smallest absolute Gasteiger partial charge is 0.224 e. The maximum atomic E-state index is 11.8. The quantitative estimate of drug-likeness (QED) is 0.271. The average Bonchev–Trinajstić information content (AvgIpc) is 2.33. The third kappa shape index (κ3) is 9.91. The van der Waals surface area contributed by atoms with Crippen molar-refractivity contribution < 1.29 is 9.44 Å². The standard InChI is InChI=1S/C15H32N2O2/c1-5-7-8-9-10-11-12-13-15(18)16-14(6-2)17(3,4)19/h14H,5-13H2,1-4H3,(H,16,18). The first kappa shape index (κ1) is 18.4. The molecule has 0 rings (SSSR count). The van der Waals surface area contributed by atoms with E-state index in [1.807, 2.05) is 6.92 Å². The minimum absolute atomic E-state index is 0.0162. The van der Waals surface area contributed by atoms with Gasteiger partial charge < -0.3 is 15.2 Å². The van der Waals surface area contributed by atoms with Crippen molar-refractivity contribution >= 4 is 5.91 Å². The summed E-state index contributed by atoms with van der Waals surface area (Å²) < 4.78 is -0.459. The first-order chi connectivity index (χ1) is 8.91. The SMILES string of the molecule is CCCCCCCCCC(=O)NC(CC)[N+](C)(C)[O-]. The lowest BCUT2D eigenvalue weighted by atomic mass is 10.1. The molecule has 0 spiro atoms. The zero-order valence-corrected chi connectivity index (χ0v) is 13.2. The molecule has 0 heterocycles. The Morgan fingerprint density at radius 2 is 1.58 bits per heavy atom. The minimum Gasteiger partial charge on any atom is -0.632 e. The normalized spacial score (nSPS) is 13.3. The van der Waals surface area contributed by atoms with E-state index in [9.17, 15) is 10.0 Å². The van der Waals surface area contributed by atoms with Crippen LogP contribution < -0.4 is 5.32 Å². The van der Waals surface area contributed by atoms with Crippen molar-refractivity contribution in [1.29, 1.82) is 0 Å². The summed E-state index contributed by atoms with van der Waals surface area (Å²) in [7, 11) is 3.14. The van der Waals surface area contributed by atoms with Crippen LogP contribution in [-0.4, -0.2) is 30.8 Å². The highest BCUT2D eigenvalue weighted by molar-refractivity contribution is 5.75. The third-order valence-corrected chi connectivity index (χ3v) is 3.47. The molecule has 4 heteroatoms. The topological polar surface area (TPSA) is 52.2 Å². The lowest BCUT2D eigenvalue weighted by Gasteiger charge is -2.41. The molecule has 1 unspecified atom stereocenters. The van der Waals surface area contributed by atoms with Gasteiger partial charge in [0.25, 0.3) is 0 Å². The van der Waals surface area contributed by atoms with Gasteiger partial charge in [0.2, 0.25) is 5.91 Å². The van der Waals surface area contributed by atoms with Crippen LogP contribution in [0.4, 0.5) is 0 Å². The highest BCUT2D eigenvalue weighted by Gasteiger charge is 2.19. The van der Waals surface area contributed by atoms with Crippen molar-refractivity contribution in [3.8, 4) is 0 Å². The number of quaternary nitrogens is 1. The molecule has 0 radical (unpaired) electrons. The molecule has 0 aromatic heterocycles. The van der Waals surface area contributed by atoms with Crippen LogP contribution in [-0.2, 0) is 4.79 Å². The number of carbonyl (C=O) groups excluding carboxylic acids is 1. The summed E-state index contributed by atoms with van der Waals surface area (Å²) in [4.78, 5) is 11.7. The Labute approximate surface area is 118 Å². The Balaban J connectivity index is 3.64. The van der Waals surface area contributed by atoms with E-state index in [4.69, 9.17) is 0 Å². The van der Waals surface area contributed by atoms with Gasteiger partial charge in [-0.25, -0.2) is 0 Å². The van der Waals surface area contributed by atoms with Crippen LogP contribution in [0.2, 0.25) is 0 Å². The van der Waals surface area contributed by atoms with Gasteiger partial charge in [-0.3, -0.25) is 4.79 Å². The molecule has 0 aromatic rings. The molecule has 0 saturated carbocycles. The molecule has 114 valence electrons. The third-order valence-electron chi connectivity index (χ3n) is 3.47. The minimum atomic E-state index is -0.459. The highest BCUT2D eigenvalue weighted by Crippen LogP contribution is 2.09. The van der Waals surface area contributed by atoms with Gasteiger partial charge in [0.1, 0.15) is 0 Å². The molecule has 4 nitrogen and oxygen atoms in total. The molecular weight excluding hydrogens is 240 g/mol. The fraction of sp³-hybridized carbons (Fsp3) is 0.933. The van der Waals surface area contributed by atoms with E-state index < -0.39 is 4.65 Å². The van der Waals surface area contributed by atoms with E-state index in [2.05, 4.69) is 12.2 Å². The summed E-state index contributed by atoms with van der Waals surface area (Å²) in [6.07, 6.45) is 9.32. The van der Waals surface area contributed by atoms with Crippen LogP contribution in [0.1, 0.15) is 71.6 Å². The zero-order valence-electron chi connectivity index (χ0n) is 13.2. The average molecular weight is 272 g/mol. The van der Waals surface area contributed by atoms with Gasteiger partial charge in [-0.15, -0.1) is 0 Å². The Morgan fingerprint density at radius 3 is 2.05 bits per heavy atom. The number of hydroxylamine groups is 3. The van der Waals surface area contributed by atoms with Crippen LogP contribution >= 0.6 is 0 Å². The summed E-state index contributed by atoms with van der Waals surface area (Å²) in [5.74, 6) is 0.0162. The van der Waals surface area contributed by atoms with Crippen LogP contribution in [0.25, 0.3) is 0 Å². The fourth-order valence-electron chi connectivity index (χ4n) is 2.20. The van der Waals surface area contributed by atoms with E-state index in [-0.39, 0.29) is 12.1 Å². The summed E-state index contributed by atoms with van der Waals surface area (Å²) in [6, 6.07) is 0. The van der Waals surface area contributed by atoms with Gasteiger partial charge in [-0.1, -0.05) is 52.4 Å². The van der Waals surface area contributed by atoms with Crippen LogP contribution in [0.5, 0.6) is 0 Å². The Bertz CT molecular complexity index is 237. The van der Waals surface area contributed by atoms with Gasteiger partial charge in [0.05, 0.1) is 14.1 Å². The number of amides is 1. The van der Waals surface area contributed by atoms with Gasteiger partial charge in [0, 0.05) is 12.8 Å². The Morgan fingerprint density at radius 1 is 1.05 bits per heavy atom. The molecule has 0 fully saturated rings. The molecule has 0 aromatic carbocycles. The van der Waals surface area contributed by atoms with Crippen molar-refractivity contribution in [1.82, 2.24) is 5.32 Å². The Kier molecular flexibility index (Phi) is 9.88. The maximum absolute atomic E-state index is 11.8. The molecular formula is C15H32N2O2. The number of nitrogens with zero attached hydrogens (tertiary/aromatic N) is 1. The van der Waals surface area contributed by atoms with E-state index in [1.165, 1.54) is 32.1 Å². The molecule has 0 aliphatic rings. The van der Waals surface area contributed by atoms with E-state index in [0.29, 0.717) is 12.8 Å². The number of hydrogen-bond donors (Lipinski definition) is 1. The van der Waals surface area contributed by atoms with Crippen LogP contribution in [0, 0.1) is 5.21 Å². The van der Waals surface area contributed by atoms with E-state index in [0.717, 1.165) is 12.8 Å². The Hall–Kier alpha value is -0.610. The van der Waals surface area contributed by atoms with Crippen molar-refractivity contribution in [2.75, 3.05) is 14.1 Å². The van der Waals surface area contributed by atoms with Gasteiger partial charge >= 0.3 is 0 Å². The predicted molar refractivity (Wildman–Crippen MR) is 80.3 cm³/mol. The first-order valence-electron chi connectivity index (χ1n) is 7.75. The van der Waals surface area contributed by atoms with Gasteiger partial charge in [-0.05, 0) is 6.42 Å². The summed E-state index contributed by atoms with van der Waals surface area (Å²) in [5.41, 5.74) is 0. The molecule has 0 aliphatic heterocycles. The van der Waals surface area contributed by atoms with Crippen LogP contribution in [0.3, 0.4) is 0 Å². The number of carbonyl (C=O) groups is 1. The van der Waals surface area contributed by atoms with E-state index >= 15 is 0 Å². The number of hydrogen-bond acceptors (Lipinski definition) is 2. The molecule has 1 N–H and O–H groups in total. The van der Waals surface area contributed by atoms with Crippen molar-refractivity contribution in [2.24, 2.45) is 0 Å². The van der Waals surface area contributed by atoms with Crippen molar-refractivity contribution in [3.05, 3.63) is 5.21 Å². The molecule has 19 heavy (non-hydrogen) atoms. The summed E-state index contributed by atoms with van der Waals surface area (Å²) >= 11 is 0. The first-order valence-corrected chi connectivity index (χ1v) is 7.75. The fourth-order valence-corrected chi connectivity index (χ4v) is 2.20. The lowest BCUT2D eigenvalue weighted by molar-refractivity contribution is -0.869. The maximum Gasteiger partial charge on any atom is 0.224 e. The van der Waals surface area contributed by atoms with Crippen LogP contribution in [0.15, 0.2) is 0 Å². The van der Waals surface area contributed by atoms with Gasteiger partial charge in [0.15, 0.2) is 6.17 Å². The second kappa shape index (κ2) is 10.2. The van der Waals surface area contributed by atoms with Crippen molar-refractivity contribution in [3.63, 3.8) is 0 Å². The zero-order chi connectivity index (χ0) is 14.7. The van der Waals surface area contributed by atoms with E-state index in [1.54, 1.807) is 14.1 Å². The molecule has 0 aliphatic carbocycles. The number of unbranched alkanes of at least 4 members (excludes halogenated alkanes) is 6. The highest BCUT2D eigenvalue weighted by atomic mass is 16.5. The lowest BCUT2D eigenvalue weighted by Crippen LogP contribution is -2.53. The summed E-state index contributed by atoms with van der Waals surface area (Å²) in [6.45, 7) is 4.14.